The minimum atomic E-state index is -3.88. The van der Waals surface area contributed by atoms with E-state index in [1.165, 1.54) is 35.7 Å². The van der Waals surface area contributed by atoms with Crippen LogP contribution in [0.4, 0.5) is 8.78 Å². The number of hydrogen-bond donors (Lipinski definition) is 0. The maximum absolute atomic E-state index is 13.4. The Balaban J connectivity index is 1.79. The van der Waals surface area contributed by atoms with Gasteiger partial charge in [-0.1, -0.05) is 12.1 Å². The zero-order valence-corrected chi connectivity index (χ0v) is 15.5. The van der Waals surface area contributed by atoms with Crippen molar-refractivity contribution in [2.45, 2.75) is 17.7 Å². The standard InChI is InChI=1S/C19H19F2NO4S/c1-26-19(23)17-4-2-3-5-18(17)27(24,25)22-7-6-13(12-22)8-14-9-15(20)11-16(21)10-14/h2-5,9-11,13H,6-8,12H2,1H3. The SMILES string of the molecule is COC(=O)c1ccccc1S(=O)(=O)N1CCC(Cc2cc(F)cc(F)c2)C1. The molecule has 0 spiro atoms. The minimum Gasteiger partial charge on any atom is -0.465 e. The van der Waals surface area contributed by atoms with Crippen molar-refractivity contribution in [1.82, 2.24) is 4.31 Å². The number of benzene rings is 2. The van der Waals surface area contributed by atoms with Gasteiger partial charge in [0, 0.05) is 19.2 Å². The molecular formula is C19H19F2NO4S. The molecule has 5 nitrogen and oxygen atoms in total. The first-order valence-corrected chi connectivity index (χ1v) is 9.87. The number of methoxy groups -OCH3 is 1. The molecule has 0 aromatic heterocycles. The fourth-order valence-corrected chi connectivity index (χ4v) is 5.06. The lowest BCUT2D eigenvalue weighted by atomic mass is 9.99. The summed E-state index contributed by atoms with van der Waals surface area (Å²) in [6.07, 6.45) is 0.942. The van der Waals surface area contributed by atoms with Crippen LogP contribution < -0.4 is 0 Å². The van der Waals surface area contributed by atoms with Crippen LogP contribution in [0, 0.1) is 17.6 Å². The van der Waals surface area contributed by atoms with E-state index in [9.17, 15) is 22.0 Å². The van der Waals surface area contributed by atoms with Crippen molar-refractivity contribution in [3.63, 3.8) is 0 Å². The Labute approximate surface area is 156 Å². The van der Waals surface area contributed by atoms with Crippen LogP contribution in [0.15, 0.2) is 47.4 Å². The van der Waals surface area contributed by atoms with Gasteiger partial charge in [0.2, 0.25) is 10.0 Å². The molecule has 1 unspecified atom stereocenters. The Kier molecular flexibility index (Phi) is 5.57. The fraction of sp³-hybridized carbons (Fsp3) is 0.316. The first kappa shape index (κ1) is 19.4. The number of carbonyl (C=O) groups excluding carboxylic acids is 1. The van der Waals surface area contributed by atoms with Gasteiger partial charge in [0.05, 0.1) is 17.6 Å². The van der Waals surface area contributed by atoms with E-state index in [0.717, 1.165) is 6.07 Å². The van der Waals surface area contributed by atoms with E-state index in [1.54, 1.807) is 12.1 Å². The fourth-order valence-electron chi connectivity index (χ4n) is 3.35. The van der Waals surface area contributed by atoms with Crippen LogP contribution in [0.5, 0.6) is 0 Å². The van der Waals surface area contributed by atoms with Gasteiger partial charge in [0.1, 0.15) is 11.6 Å². The number of halogens is 2. The van der Waals surface area contributed by atoms with Crippen LogP contribution in [-0.4, -0.2) is 38.9 Å². The highest BCUT2D eigenvalue weighted by Crippen LogP contribution is 2.28. The van der Waals surface area contributed by atoms with Crippen molar-refractivity contribution in [2.75, 3.05) is 20.2 Å². The van der Waals surface area contributed by atoms with Crippen molar-refractivity contribution >= 4 is 16.0 Å². The molecule has 0 radical (unpaired) electrons. The molecule has 1 heterocycles. The zero-order chi connectivity index (χ0) is 19.6. The molecule has 0 aliphatic carbocycles. The highest BCUT2D eigenvalue weighted by molar-refractivity contribution is 7.89. The number of carbonyl (C=O) groups is 1. The van der Waals surface area contributed by atoms with Crippen molar-refractivity contribution in [2.24, 2.45) is 5.92 Å². The average molecular weight is 395 g/mol. The molecule has 1 fully saturated rings. The van der Waals surface area contributed by atoms with E-state index in [-0.39, 0.29) is 29.5 Å². The summed E-state index contributed by atoms with van der Waals surface area (Å²) < 4.78 is 58.6. The molecular weight excluding hydrogens is 376 g/mol. The molecule has 1 atom stereocenters. The lowest BCUT2D eigenvalue weighted by Crippen LogP contribution is -2.30. The van der Waals surface area contributed by atoms with E-state index in [2.05, 4.69) is 4.74 Å². The molecule has 3 rings (SSSR count). The minimum absolute atomic E-state index is 0.0179. The Hall–Kier alpha value is -2.32. The maximum atomic E-state index is 13.4. The molecule has 27 heavy (non-hydrogen) atoms. The van der Waals surface area contributed by atoms with E-state index < -0.39 is 27.6 Å². The molecule has 0 amide bonds. The third-order valence-electron chi connectivity index (χ3n) is 4.61. The predicted molar refractivity (Wildman–Crippen MR) is 94.7 cm³/mol. The monoisotopic (exact) mass is 395 g/mol. The van der Waals surface area contributed by atoms with Gasteiger partial charge in [-0.05, 0) is 48.6 Å². The Morgan fingerprint density at radius 2 is 1.85 bits per heavy atom. The van der Waals surface area contributed by atoms with E-state index in [1.807, 2.05) is 0 Å². The Morgan fingerprint density at radius 3 is 2.52 bits per heavy atom. The number of rotatable bonds is 5. The zero-order valence-electron chi connectivity index (χ0n) is 14.7. The predicted octanol–water partition coefficient (Wildman–Crippen LogP) is 3.00. The second-order valence-corrected chi connectivity index (χ2v) is 8.39. The molecule has 0 N–H and O–H groups in total. The summed E-state index contributed by atoms with van der Waals surface area (Å²) in [5.41, 5.74) is 0.474. The third-order valence-corrected chi connectivity index (χ3v) is 6.53. The third kappa shape index (κ3) is 4.17. The number of esters is 1. The molecule has 8 heteroatoms. The number of nitrogens with zero attached hydrogens (tertiary/aromatic N) is 1. The Bertz CT molecular complexity index is 942. The summed E-state index contributed by atoms with van der Waals surface area (Å²) >= 11 is 0. The molecule has 2 aromatic carbocycles. The van der Waals surface area contributed by atoms with E-state index >= 15 is 0 Å². The van der Waals surface area contributed by atoms with Crippen molar-refractivity contribution < 1.29 is 26.7 Å². The lowest BCUT2D eigenvalue weighted by molar-refractivity contribution is 0.0596. The summed E-state index contributed by atoms with van der Waals surface area (Å²) in [6, 6.07) is 9.20. The number of ether oxygens (including phenoxy) is 1. The van der Waals surface area contributed by atoms with Crippen LogP contribution in [0.3, 0.4) is 0 Å². The molecule has 144 valence electrons. The number of hydrogen-bond acceptors (Lipinski definition) is 4. The lowest BCUT2D eigenvalue weighted by Gasteiger charge is -2.18. The quantitative estimate of drug-likeness (QED) is 0.730. The second-order valence-electron chi connectivity index (χ2n) is 6.49. The maximum Gasteiger partial charge on any atom is 0.339 e. The topological polar surface area (TPSA) is 63.7 Å². The normalized spacial score (nSPS) is 17.8. The highest BCUT2D eigenvalue weighted by Gasteiger charge is 2.35. The van der Waals surface area contributed by atoms with E-state index in [4.69, 9.17) is 0 Å². The van der Waals surface area contributed by atoms with Gasteiger partial charge in [0.15, 0.2) is 0 Å². The van der Waals surface area contributed by atoms with Gasteiger partial charge in [0.25, 0.3) is 0 Å². The van der Waals surface area contributed by atoms with Gasteiger partial charge < -0.3 is 4.74 Å². The highest BCUT2D eigenvalue weighted by atomic mass is 32.2. The second kappa shape index (κ2) is 7.74. The van der Waals surface area contributed by atoms with Gasteiger partial charge in [-0.15, -0.1) is 0 Å². The summed E-state index contributed by atoms with van der Waals surface area (Å²) in [5, 5.41) is 0. The largest absolute Gasteiger partial charge is 0.465 e. The average Bonchev–Trinajstić information content (AvgIpc) is 3.09. The Morgan fingerprint density at radius 1 is 1.19 bits per heavy atom. The van der Waals surface area contributed by atoms with Crippen LogP contribution >= 0.6 is 0 Å². The molecule has 1 saturated heterocycles. The summed E-state index contributed by atoms with van der Waals surface area (Å²) in [4.78, 5) is 11.8. The first-order chi connectivity index (χ1) is 12.8. The summed E-state index contributed by atoms with van der Waals surface area (Å²) in [6.45, 7) is 0.496. The molecule has 0 saturated carbocycles. The first-order valence-electron chi connectivity index (χ1n) is 8.43. The van der Waals surface area contributed by atoms with Gasteiger partial charge in [-0.2, -0.15) is 4.31 Å². The van der Waals surface area contributed by atoms with Crippen molar-refractivity contribution in [1.29, 1.82) is 0 Å². The smallest absolute Gasteiger partial charge is 0.339 e. The van der Waals surface area contributed by atoms with Gasteiger partial charge in [-0.3, -0.25) is 0 Å². The molecule has 1 aliphatic heterocycles. The van der Waals surface area contributed by atoms with Gasteiger partial charge in [-0.25, -0.2) is 22.0 Å². The van der Waals surface area contributed by atoms with Crippen LogP contribution in [0.2, 0.25) is 0 Å². The molecule has 0 bridgehead atoms. The van der Waals surface area contributed by atoms with Crippen LogP contribution in [0.1, 0.15) is 22.3 Å². The van der Waals surface area contributed by atoms with Crippen LogP contribution in [0.25, 0.3) is 0 Å². The van der Waals surface area contributed by atoms with Gasteiger partial charge >= 0.3 is 5.97 Å². The number of sulfonamides is 1. The summed E-state index contributed by atoms with van der Waals surface area (Å²) in [5.74, 6) is -2.09. The molecule has 1 aliphatic rings. The van der Waals surface area contributed by atoms with Crippen molar-refractivity contribution in [3.05, 3.63) is 65.2 Å². The summed E-state index contributed by atoms with van der Waals surface area (Å²) in [7, 11) is -2.69. The van der Waals surface area contributed by atoms with Crippen molar-refractivity contribution in [3.8, 4) is 0 Å². The van der Waals surface area contributed by atoms with Crippen LogP contribution in [-0.2, 0) is 21.2 Å². The van der Waals surface area contributed by atoms with E-state index in [0.29, 0.717) is 18.4 Å². The molecule has 2 aromatic rings.